The summed E-state index contributed by atoms with van der Waals surface area (Å²) in [6.07, 6.45) is 2.01. The minimum Gasteiger partial charge on any atom is -0.319 e. The number of hydrogen-bond acceptors (Lipinski definition) is 5. The first kappa shape index (κ1) is 16.7. The van der Waals surface area contributed by atoms with E-state index in [1.165, 1.54) is 0 Å². The van der Waals surface area contributed by atoms with Crippen molar-refractivity contribution < 1.29 is 9.59 Å². The SMILES string of the molecule is O=C1Nc2cccnc2N(C(=O)CCN2CCNCC2)c2ccccc21. The normalized spacial score (nSPS) is 17.1. The van der Waals surface area contributed by atoms with Gasteiger partial charge >= 0.3 is 0 Å². The van der Waals surface area contributed by atoms with Crippen LogP contribution in [0.25, 0.3) is 0 Å². The van der Waals surface area contributed by atoms with Crippen LogP contribution >= 0.6 is 0 Å². The van der Waals surface area contributed by atoms with Gasteiger partial charge in [0.15, 0.2) is 5.82 Å². The van der Waals surface area contributed by atoms with E-state index in [4.69, 9.17) is 0 Å². The Labute approximate surface area is 152 Å². The van der Waals surface area contributed by atoms with Gasteiger partial charge in [-0.15, -0.1) is 0 Å². The van der Waals surface area contributed by atoms with E-state index < -0.39 is 0 Å². The molecule has 0 aliphatic carbocycles. The van der Waals surface area contributed by atoms with Gasteiger partial charge in [0, 0.05) is 45.3 Å². The first-order valence-electron chi connectivity index (χ1n) is 8.85. The van der Waals surface area contributed by atoms with Crippen LogP contribution in [0, 0.1) is 0 Å². The van der Waals surface area contributed by atoms with Crippen LogP contribution in [0.1, 0.15) is 16.8 Å². The fourth-order valence-electron chi connectivity index (χ4n) is 3.39. The molecule has 0 saturated carbocycles. The molecule has 1 aromatic carbocycles. The molecule has 2 N–H and O–H groups in total. The fraction of sp³-hybridized carbons (Fsp3) is 0.316. The molecule has 0 spiro atoms. The van der Waals surface area contributed by atoms with E-state index in [9.17, 15) is 9.59 Å². The van der Waals surface area contributed by atoms with Gasteiger partial charge in [-0.1, -0.05) is 12.1 Å². The van der Waals surface area contributed by atoms with Crippen LogP contribution in [-0.2, 0) is 4.79 Å². The molecular weight excluding hydrogens is 330 g/mol. The Morgan fingerprint density at radius 1 is 1.12 bits per heavy atom. The molecule has 7 heteroatoms. The summed E-state index contributed by atoms with van der Waals surface area (Å²) in [7, 11) is 0. The summed E-state index contributed by atoms with van der Waals surface area (Å²) in [6, 6.07) is 10.7. The molecule has 0 unspecified atom stereocenters. The van der Waals surface area contributed by atoms with E-state index in [0.717, 1.165) is 26.2 Å². The second-order valence-corrected chi connectivity index (χ2v) is 6.42. The third kappa shape index (κ3) is 3.18. The maximum absolute atomic E-state index is 13.1. The number of nitrogens with zero attached hydrogens (tertiary/aromatic N) is 3. The summed E-state index contributed by atoms with van der Waals surface area (Å²) < 4.78 is 0. The molecule has 2 aromatic rings. The lowest BCUT2D eigenvalue weighted by Crippen LogP contribution is -2.44. The highest BCUT2D eigenvalue weighted by Gasteiger charge is 2.30. The smallest absolute Gasteiger partial charge is 0.257 e. The number of piperazine rings is 1. The zero-order valence-electron chi connectivity index (χ0n) is 14.4. The van der Waals surface area contributed by atoms with Crippen LogP contribution in [-0.4, -0.2) is 54.4 Å². The Bertz CT molecular complexity index is 832. The molecule has 1 saturated heterocycles. The van der Waals surface area contributed by atoms with Crippen LogP contribution in [0.5, 0.6) is 0 Å². The van der Waals surface area contributed by atoms with Gasteiger partial charge < -0.3 is 15.5 Å². The largest absolute Gasteiger partial charge is 0.319 e. The lowest BCUT2D eigenvalue weighted by molar-refractivity contribution is -0.118. The summed E-state index contributed by atoms with van der Waals surface area (Å²) in [6.45, 7) is 4.48. The van der Waals surface area contributed by atoms with Crippen molar-refractivity contribution >= 4 is 29.0 Å². The van der Waals surface area contributed by atoms with E-state index in [-0.39, 0.29) is 11.8 Å². The third-order valence-corrected chi connectivity index (χ3v) is 4.74. The topological polar surface area (TPSA) is 77.6 Å². The Kier molecular flexibility index (Phi) is 4.64. The van der Waals surface area contributed by atoms with E-state index >= 15 is 0 Å². The summed E-state index contributed by atoms with van der Waals surface area (Å²) in [4.78, 5) is 33.9. The van der Waals surface area contributed by atoms with E-state index in [1.807, 2.05) is 6.07 Å². The Balaban J connectivity index is 1.66. The van der Waals surface area contributed by atoms with Crippen molar-refractivity contribution in [2.45, 2.75) is 6.42 Å². The average Bonchev–Trinajstić information content (AvgIpc) is 2.81. The van der Waals surface area contributed by atoms with Crippen LogP contribution < -0.4 is 15.5 Å². The molecule has 0 bridgehead atoms. The monoisotopic (exact) mass is 351 g/mol. The van der Waals surface area contributed by atoms with Crippen molar-refractivity contribution in [2.24, 2.45) is 0 Å². The standard InChI is InChI=1S/C19H21N5O2/c25-17(7-11-23-12-9-20-10-13-23)24-16-6-2-1-4-14(16)19(26)22-15-5-3-8-21-18(15)24/h1-6,8,20H,7,9-13H2,(H,22,26). The minimum atomic E-state index is -0.229. The molecule has 2 amide bonds. The van der Waals surface area contributed by atoms with E-state index in [1.54, 1.807) is 41.4 Å². The zero-order chi connectivity index (χ0) is 17.9. The quantitative estimate of drug-likeness (QED) is 0.878. The van der Waals surface area contributed by atoms with Crippen LogP contribution in [0.15, 0.2) is 42.6 Å². The number of carbonyl (C=O) groups is 2. The molecule has 1 aromatic heterocycles. The van der Waals surface area contributed by atoms with Crippen molar-refractivity contribution in [1.29, 1.82) is 0 Å². The first-order valence-corrected chi connectivity index (χ1v) is 8.85. The number of aromatic nitrogens is 1. The van der Waals surface area contributed by atoms with Gasteiger partial charge in [0.1, 0.15) is 0 Å². The molecule has 1 fully saturated rings. The highest BCUT2D eigenvalue weighted by molar-refractivity contribution is 6.17. The summed E-state index contributed by atoms with van der Waals surface area (Å²) in [5.41, 5.74) is 1.60. The number of nitrogens with one attached hydrogen (secondary N) is 2. The number of carbonyl (C=O) groups excluding carboxylic acids is 2. The summed E-state index contributed by atoms with van der Waals surface area (Å²) >= 11 is 0. The molecule has 7 nitrogen and oxygen atoms in total. The van der Waals surface area contributed by atoms with Gasteiger partial charge in [0.2, 0.25) is 5.91 Å². The molecule has 2 aliphatic heterocycles. The average molecular weight is 351 g/mol. The van der Waals surface area contributed by atoms with Crippen molar-refractivity contribution in [2.75, 3.05) is 42.9 Å². The lowest BCUT2D eigenvalue weighted by atomic mass is 10.1. The maximum Gasteiger partial charge on any atom is 0.257 e. The van der Waals surface area contributed by atoms with Crippen LogP contribution in [0.4, 0.5) is 17.2 Å². The fourth-order valence-corrected chi connectivity index (χ4v) is 3.39. The molecule has 2 aliphatic rings. The molecule has 26 heavy (non-hydrogen) atoms. The number of rotatable bonds is 3. The first-order chi connectivity index (χ1) is 12.7. The Morgan fingerprint density at radius 3 is 2.77 bits per heavy atom. The number of amides is 2. The van der Waals surface area contributed by atoms with E-state index in [0.29, 0.717) is 35.7 Å². The number of para-hydroxylation sites is 1. The van der Waals surface area contributed by atoms with Crippen molar-refractivity contribution in [1.82, 2.24) is 15.2 Å². The van der Waals surface area contributed by atoms with Gasteiger partial charge in [0.25, 0.3) is 5.91 Å². The second-order valence-electron chi connectivity index (χ2n) is 6.42. The van der Waals surface area contributed by atoms with Crippen molar-refractivity contribution in [3.05, 3.63) is 48.2 Å². The molecule has 0 radical (unpaired) electrons. The highest BCUT2D eigenvalue weighted by Crippen LogP contribution is 2.36. The van der Waals surface area contributed by atoms with E-state index in [2.05, 4.69) is 20.5 Å². The number of anilines is 3. The summed E-state index contributed by atoms with van der Waals surface area (Å²) in [5.74, 6) is 0.177. The number of benzene rings is 1. The lowest BCUT2D eigenvalue weighted by Gasteiger charge is -2.28. The predicted molar refractivity (Wildman–Crippen MR) is 99.7 cm³/mol. The van der Waals surface area contributed by atoms with Gasteiger partial charge in [-0.05, 0) is 24.3 Å². The van der Waals surface area contributed by atoms with Crippen LogP contribution in [0.2, 0.25) is 0 Å². The Hall–Kier alpha value is -2.77. The van der Waals surface area contributed by atoms with Crippen LogP contribution in [0.3, 0.4) is 0 Å². The molecule has 134 valence electrons. The summed E-state index contributed by atoms with van der Waals surface area (Å²) in [5, 5.41) is 6.17. The maximum atomic E-state index is 13.1. The predicted octanol–water partition coefficient (Wildman–Crippen LogP) is 1.61. The number of fused-ring (bicyclic) bond motifs is 2. The van der Waals surface area contributed by atoms with Crippen molar-refractivity contribution in [3.8, 4) is 0 Å². The molecule has 3 heterocycles. The molecule has 0 atom stereocenters. The highest BCUT2D eigenvalue weighted by atomic mass is 16.2. The Morgan fingerprint density at radius 2 is 1.92 bits per heavy atom. The van der Waals surface area contributed by atoms with Gasteiger partial charge in [-0.25, -0.2) is 4.98 Å². The van der Waals surface area contributed by atoms with Gasteiger partial charge in [0.05, 0.1) is 16.9 Å². The van der Waals surface area contributed by atoms with Crippen molar-refractivity contribution in [3.63, 3.8) is 0 Å². The number of pyridine rings is 1. The van der Waals surface area contributed by atoms with Gasteiger partial charge in [-0.3, -0.25) is 14.5 Å². The third-order valence-electron chi connectivity index (χ3n) is 4.74. The second kappa shape index (κ2) is 7.23. The zero-order valence-corrected chi connectivity index (χ0v) is 14.4. The van der Waals surface area contributed by atoms with Gasteiger partial charge in [-0.2, -0.15) is 0 Å². The number of hydrogen-bond donors (Lipinski definition) is 2. The minimum absolute atomic E-state index is 0.0626. The molecule has 4 rings (SSSR count). The molecular formula is C19H21N5O2.